The first-order valence-electron chi connectivity index (χ1n) is 7.88. The zero-order valence-electron chi connectivity index (χ0n) is 13.7. The summed E-state index contributed by atoms with van der Waals surface area (Å²) in [6, 6.07) is 17.4. The van der Waals surface area contributed by atoms with Gasteiger partial charge in [0.2, 0.25) is 0 Å². The molecule has 0 unspecified atom stereocenters. The monoisotopic (exact) mass is 383 g/mol. The van der Waals surface area contributed by atoms with E-state index < -0.39 is 20.6 Å². The van der Waals surface area contributed by atoms with Gasteiger partial charge in [-0.2, -0.15) is 0 Å². The summed E-state index contributed by atoms with van der Waals surface area (Å²) in [7, 11) is -4.04. The summed E-state index contributed by atoms with van der Waals surface area (Å²) in [5.41, 5.74) is 0.626. The number of nitro benzene ring substituents is 1. The standard InChI is InChI=1S/C18H13N3O5S/c22-21(23)15-10-13(27(24,25)20-12-6-2-1-3-7-12)11-17-18(15)19-14-8-4-5-9-16(14)26-17/h1-11,19-20H. The molecule has 3 aromatic rings. The molecule has 4 rings (SSSR count). The number of sulfonamides is 1. The molecule has 1 aliphatic heterocycles. The Labute approximate surface area is 154 Å². The number of anilines is 3. The van der Waals surface area contributed by atoms with Gasteiger partial charge in [-0.05, 0) is 24.3 Å². The van der Waals surface area contributed by atoms with Crippen LogP contribution in [0.25, 0.3) is 0 Å². The average Bonchev–Trinajstić information content (AvgIpc) is 2.65. The summed E-state index contributed by atoms with van der Waals surface area (Å²) < 4.78 is 33.5. The fourth-order valence-electron chi connectivity index (χ4n) is 2.71. The molecular weight excluding hydrogens is 370 g/mol. The van der Waals surface area contributed by atoms with Crippen molar-refractivity contribution in [2.75, 3.05) is 10.0 Å². The van der Waals surface area contributed by atoms with E-state index in [0.717, 1.165) is 6.07 Å². The van der Waals surface area contributed by atoms with Crippen LogP contribution in [-0.4, -0.2) is 13.3 Å². The van der Waals surface area contributed by atoms with Crippen LogP contribution in [0.4, 0.5) is 22.7 Å². The Morgan fingerprint density at radius 3 is 2.41 bits per heavy atom. The van der Waals surface area contributed by atoms with Crippen LogP contribution < -0.4 is 14.8 Å². The van der Waals surface area contributed by atoms with E-state index in [1.54, 1.807) is 54.6 Å². The number of hydrogen-bond donors (Lipinski definition) is 2. The number of nitro groups is 1. The number of hydrogen-bond acceptors (Lipinski definition) is 6. The third-order valence-electron chi connectivity index (χ3n) is 3.95. The molecule has 0 fully saturated rings. The van der Waals surface area contributed by atoms with Crippen LogP contribution in [0.5, 0.6) is 11.5 Å². The van der Waals surface area contributed by atoms with Crippen molar-refractivity contribution < 1.29 is 18.1 Å². The summed E-state index contributed by atoms with van der Waals surface area (Å²) in [5.74, 6) is 0.515. The molecule has 8 nitrogen and oxygen atoms in total. The summed E-state index contributed by atoms with van der Waals surface area (Å²) in [4.78, 5) is 10.6. The molecule has 136 valence electrons. The highest BCUT2D eigenvalue weighted by atomic mass is 32.2. The second-order valence-corrected chi connectivity index (χ2v) is 7.45. The highest BCUT2D eigenvalue weighted by Crippen LogP contribution is 2.47. The first kappa shape index (κ1) is 16.9. The van der Waals surface area contributed by atoms with Crippen molar-refractivity contribution >= 4 is 32.8 Å². The molecule has 0 amide bonds. The minimum absolute atomic E-state index is 0.0661. The maximum absolute atomic E-state index is 12.7. The van der Waals surface area contributed by atoms with Gasteiger partial charge < -0.3 is 10.1 Å². The van der Waals surface area contributed by atoms with Crippen LogP contribution in [0.1, 0.15) is 0 Å². The summed E-state index contributed by atoms with van der Waals surface area (Å²) in [6.45, 7) is 0. The number of nitrogens with one attached hydrogen (secondary N) is 2. The van der Waals surface area contributed by atoms with Crippen molar-refractivity contribution in [3.8, 4) is 11.5 Å². The van der Waals surface area contributed by atoms with Gasteiger partial charge in [-0.3, -0.25) is 14.8 Å². The number of para-hydroxylation sites is 3. The Kier molecular flexibility index (Phi) is 3.93. The summed E-state index contributed by atoms with van der Waals surface area (Å²) >= 11 is 0. The third-order valence-corrected chi connectivity index (χ3v) is 5.32. The van der Waals surface area contributed by atoms with Crippen molar-refractivity contribution in [3.63, 3.8) is 0 Å². The maximum atomic E-state index is 12.7. The van der Waals surface area contributed by atoms with E-state index in [2.05, 4.69) is 10.0 Å². The molecule has 0 aromatic heterocycles. The maximum Gasteiger partial charge on any atom is 0.297 e. The van der Waals surface area contributed by atoms with E-state index in [-0.39, 0.29) is 16.3 Å². The van der Waals surface area contributed by atoms with Crippen molar-refractivity contribution in [3.05, 3.63) is 76.8 Å². The molecule has 0 saturated carbocycles. The number of benzene rings is 3. The highest BCUT2D eigenvalue weighted by Gasteiger charge is 2.29. The second-order valence-electron chi connectivity index (χ2n) is 5.77. The minimum atomic E-state index is -4.04. The van der Waals surface area contributed by atoms with Gasteiger partial charge in [0.15, 0.2) is 17.2 Å². The largest absolute Gasteiger partial charge is 0.453 e. The molecule has 1 heterocycles. The van der Waals surface area contributed by atoms with Crippen molar-refractivity contribution in [2.45, 2.75) is 4.90 Å². The predicted octanol–water partition coefficient (Wildman–Crippen LogP) is 4.24. The van der Waals surface area contributed by atoms with Crippen LogP contribution in [0.2, 0.25) is 0 Å². The lowest BCUT2D eigenvalue weighted by Crippen LogP contribution is -2.14. The van der Waals surface area contributed by atoms with Gasteiger partial charge in [0.05, 0.1) is 15.5 Å². The van der Waals surface area contributed by atoms with Gasteiger partial charge in [-0.15, -0.1) is 0 Å². The lowest BCUT2D eigenvalue weighted by Gasteiger charge is -2.22. The number of ether oxygens (including phenoxy) is 1. The number of fused-ring (bicyclic) bond motifs is 2. The SMILES string of the molecule is O=[N+]([O-])c1cc(S(=O)(=O)Nc2ccccc2)cc2c1Nc1ccccc1O2. The first-order valence-corrected chi connectivity index (χ1v) is 9.36. The quantitative estimate of drug-likeness (QED) is 0.403. The zero-order chi connectivity index (χ0) is 19.0. The fourth-order valence-corrected chi connectivity index (χ4v) is 3.81. The molecule has 0 spiro atoms. The predicted molar refractivity (Wildman–Crippen MR) is 100 cm³/mol. The van der Waals surface area contributed by atoms with Crippen LogP contribution >= 0.6 is 0 Å². The Balaban J connectivity index is 1.80. The molecule has 1 aliphatic rings. The number of nitrogens with zero attached hydrogens (tertiary/aromatic N) is 1. The number of rotatable bonds is 4. The smallest absolute Gasteiger partial charge is 0.297 e. The van der Waals surface area contributed by atoms with E-state index in [1.807, 2.05) is 0 Å². The topological polar surface area (TPSA) is 111 Å². The van der Waals surface area contributed by atoms with Gasteiger partial charge in [-0.25, -0.2) is 8.42 Å². The lowest BCUT2D eigenvalue weighted by molar-refractivity contribution is -0.384. The molecule has 0 radical (unpaired) electrons. The van der Waals surface area contributed by atoms with E-state index >= 15 is 0 Å². The van der Waals surface area contributed by atoms with Gasteiger partial charge in [0, 0.05) is 17.8 Å². The van der Waals surface area contributed by atoms with Crippen molar-refractivity contribution in [1.29, 1.82) is 0 Å². The van der Waals surface area contributed by atoms with E-state index in [4.69, 9.17) is 4.74 Å². The Bertz CT molecular complexity index is 1150. The Hall–Kier alpha value is -3.59. The van der Waals surface area contributed by atoms with Gasteiger partial charge in [-0.1, -0.05) is 30.3 Å². The lowest BCUT2D eigenvalue weighted by atomic mass is 10.2. The minimum Gasteiger partial charge on any atom is -0.453 e. The van der Waals surface area contributed by atoms with Gasteiger partial charge in [0.25, 0.3) is 15.7 Å². The van der Waals surface area contributed by atoms with Crippen molar-refractivity contribution in [1.82, 2.24) is 0 Å². The van der Waals surface area contributed by atoms with Crippen LogP contribution in [0.15, 0.2) is 71.6 Å². The molecule has 3 aromatic carbocycles. The summed E-state index contributed by atoms with van der Waals surface area (Å²) in [6.07, 6.45) is 0. The molecule has 0 saturated heterocycles. The Morgan fingerprint density at radius 2 is 1.67 bits per heavy atom. The molecule has 0 atom stereocenters. The van der Waals surface area contributed by atoms with Crippen LogP contribution in [-0.2, 0) is 10.0 Å². The van der Waals surface area contributed by atoms with Gasteiger partial charge in [0.1, 0.15) is 0 Å². The average molecular weight is 383 g/mol. The van der Waals surface area contributed by atoms with E-state index in [1.165, 1.54) is 6.07 Å². The molecule has 27 heavy (non-hydrogen) atoms. The van der Waals surface area contributed by atoms with E-state index in [9.17, 15) is 18.5 Å². The van der Waals surface area contributed by atoms with Crippen LogP contribution in [0, 0.1) is 10.1 Å². The molecule has 0 aliphatic carbocycles. The molecule has 9 heteroatoms. The summed E-state index contributed by atoms with van der Waals surface area (Å²) in [5, 5.41) is 14.5. The zero-order valence-corrected chi connectivity index (χ0v) is 14.6. The van der Waals surface area contributed by atoms with E-state index in [0.29, 0.717) is 17.1 Å². The van der Waals surface area contributed by atoms with Crippen LogP contribution in [0.3, 0.4) is 0 Å². The second kappa shape index (κ2) is 6.29. The molecular formula is C18H13N3O5S. The molecule has 2 N–H and O–H groups in total. The fraction of sp³-hybridized carbons (Fsp3) is 0. The molecule has 0 bridgehead atoms. The van der Waals surface area contributed by atoms with Gasteiger partial charge >= 0.3 is 0 Å². The highest BCUT2D eigenvalue weighted by molar-refractivity contribution is 7.92. The third kappa shape index (κ3) is 3.15. The normalized spacial score (nSPS) is 12.1. The van der Waals surface area contributed by atoms with Crippen molar-refractivity contribution in [2.24, 2.45) is 0 Å². The first-order chi connectivity index (χ1) is 12.9. The Morgan fingerprint density at radius 1 is 0.963 bits per heavy atom.